The number of aryl methyl sites for hydroxylation is 1. The van der Waals surface area contributed by atoms with Crippen LogP contribution in [0.1, 0.15) is 11.4 Å². The molecule has 4 nitrogen and oxygen atoms in total. The van der Waals surface area contributed by atoms with E-state index in [2.05, 4.69) is 55.6 Å². The van der Waals surface area contributed by atoms with Gasteiger partial charge in [-0.05, 0) is 17.7 Å². The zero-order valence-corrected chi connectivity index (χ0v) is 11.3. The number of nitrogens with zero attached hydrogens (tertiary/aromatic N) is 3. The van der Waals surface area contributed by atoms with E-state index in [-0.39, 0.29) is 0 Å². The van der Waals surface area contributed by atoms with Crippen LogP contribution in [0.3, 0.4) is 0 Å². The fourth-order valence-electron chi connectivity index (χ4n) is 1.53. The summed E-state index contributed by atoms with van der Waals surface area (Å²) >= 11 is 3.42. The van der Waals surface area contributed by atoms with Crippen molar-refractivity contribution in [3.63, 3.8) is 0 Å². The summed E-state index contributed by atoms with van der Waals surface area (Å²) in [4.78, 5) is 4.18. The molecule has 5 heteroatoms. The number of nitrogens with one attached hydrogen (secondary N) is 1. The molecule has 0 radical (unpaired) electrons. The van der Waals surface area contributed by atoms with Crippen molar-refractivity contribution in [2.45, 2.75) is 13.0 Å². The minimum atomic E-state index is 0.859. The van der Waals surface area contributed by atoms with Gasteiger partial charge in [0.1, 0.15) is 6.33 Å². The Hall–Kier alpha value is -1.20. The van der Waals surface area contributed by atoms with Crippen LogP contribution in [0, 0.1) is 0 Å². The highest BCUT2D eigenvalue weighted by Gasteiger charge is 1.98. The summed E-state index contributed by atoms with van der Waals surface area (Å²) in [7, 11) is 1.88. The van der Waals surface area contributed by atoms with Gasteiger partial charge in [0, 0.05) is 31.0 Å². The van der Waals surface area contributed by atoms with Gasteiger partial charge in [-0.2, -0.15) is 5.10 Å². The van der Waals surface area contributed by atoms with Gasteiger partial charge < -0.3 is 5.32 Å². The molecule has 1 aromatic heterocycles. The normalized spacial score (nSPS) is 10.7. The summed E-state index contributed by atoms with van der Waals surface area (Å²) in [6, 6.07) is 8.32. The Morgan fingerprint density at radius 1 is 1.29 bits per heavy atom. The van der Waals surface area contributed by atoms with Crippen molar-refractivity contribution in [2.75, 3.05) is 6.54 Å². The van der Waals surface area contributed by atoms with Crippen LogP contribution in [-0.2, 0) is 20.0 Å². The number of rotatable bonds is 5. The van der Waals surface area contributed by atoms with Gasteiger partial charge in [-0.1, -0.05) is 28.1 Å². The van der Waals surface area contributed by atoms with Crippen LogP contribution < -0.4 is 5.32 Å². The fourth-order valence-corrected chi connectivity index (χ4v) is 1.80. The third-order valence-corrected chi connectivity index (χ3v) is 2.94. The van der Waals surface area contributed by atoms with E-state index in [4.69, 9.17) is 0 Å². The summed E-state index contributed by atoms with van der Waals surface area (Å²) in [5, 5.41) is 7.60. The third kappa shape index (κ3) is 3.94. The van der Waals surface area contributed by atoms with Crippen molar-refractivity contribution in [1.82, 2.24) is 20.1 Å². The van der Waals surface area contributed by atoms with E-state index in [0.717, 1.165) is 29.8 Å². The Bertz CT molecular complexity index is 464. The second-order valence-electron chi connectivity index (χ2n) is 3.89. The zero-order chi connectivity index (χ0) is 12.1. The Balaban J connectivity index is 1.71. The summed E-state index contributed by atoms with van der Waals surface area (Å²) < 4.78 is 2.84. The second kappa shape index (κ2) is 5.93. The maximum atomic E-state index is 4.23. The Morgan fingerprint density at radius 2 is 2.06 bits per heavy atom. The first-order valence-electron chi connectivity index (χ1n) is 5.54. The summed E-state index contributed by atoms with van der Waals surface area (Å²) in [6.07, 6.45) is 2.58. The molecule has 0 aliphatic rings. The molecule has 90 valence electrons. The molecule has 0 atom stereocenters. The topological polar surface area (TPSA) is 42.7 Å². The molecule has 17 heavy (non-hydrogen) atoms. The standard InChI is InChI=1S/C12H15BrN4/c1-17-9-15-12(16-17)6-7-14-8-10-2-4-11(13)5-3-10/h2-5,9,14H,6-8H2,1H3. The number of benzene rings is 1. The quantitative estimate of drug-likeness (QED) is 0.857. The van der Waals surface area contributed by atoms with Gasteiger partial charge in [-0.25, -0.2) is 4.98 Å². The van der Waals surface area contributed by atoms with E-state index in [0.29, 0.717) is 0 Å². The molecule has 2 rings (SSSR count). The monoisotopic (exact) mass is 294 g/mol. The predicted octanol–water partition coefficient (Wildman–Crippen LogP) is 1.91. The molecular weight excluding hydrogens is 280 g/mol. The van der Waals surface area contributed by atoms with E-state index in [9.17, 15) is 0 Å². The van der Waals surface area contributed by atoms with Gasteiger partial charge in [-0.3, -0.25) is 4.68 Å². The molecule has 0 saturated heterocycles. The summed E-state index contributed by atoms with van der Waals surface area (Å²) in [5.74, 6) is 0.885. The zero-order valence-electron chi connectivity index (χ0n) is 9.73. The second-order valence-corrected chi connectivity index (χ2v) is 4.80. The average molecular weight is 295 g/mol. The van der Waals surface area contributed by atoms with Gasteiger partial charge in [0.2, 0.25) is 0 Å². The molecule has 1 aromatic carbocycles. The predicted molar refractivity (Wildman–Crippen MR) is 70.6 cm³/mol. The maximum Gasteiger partial charge on any atom is 0.151 e. The Labute approximate surface area is 109 Å². The molecule has 1 N–H and O–H groups in total. The van der Waals surface area contributed by atoms with Crippen molar-refractivity contribution in [2.24, 2.45) is 7.05 Å². The highest BCUT2D eigenvalue weighted by Crippen LogP contribution is 2.10. The Morgan fingerprint density at radius 3 is 2.71 bits per heavy atom. The third-order valence-electron chi connectivity index (χ3n) is 2.41. The largest absolute Gasteiger partial charge is 0.312 e. The lowest BCUT2D eigenvalue weighted by atomic mass is 10.2. The first kappa shape index (κ1) is 12.3. The average Bonchev–Trinajstić information content (AvgIpc) is 2.73. The van der Waals surface area contributed by atoms with Crippen molar-refractivity contribution in [1.29, 1.82) is 0 Å². The summed E-state index contributed by atoms with van der Waals surface area (Å²) in [5.41, 5.74) is 1.28. The van der Waals surface area contributed by atoms with Crippen LogP contribution in [0.4, 0.5) is 0 Å². The van der Waals surface area contributed by atoms with Gasteiger partial charge >= 0.3 is 0 Å². The molecule has 0 saturated carbocycles. The summed E-state index contributed by atoms with van der Waals surface area (Å²) in [6.45, 7) is 1.76. The SMILES string of the molecule is Cn1cnc(CCNCc2ccc(Br)cc2)n1. The first-order valence-corrected chi connectivity index (χ1v) is 6.33. The van der Waals surface area contributed by atoms with Crippen LogP contribution in [0.5, 0.6) is 0 Å². The van der Waals surface area contributed by atoms with E-state index in [1.54, 1.807) is 11.0 Å². The molecule has 0 fully saturated rings. The van der Waals surface area contributed by atoms with Crippen LogP contribution in [-0.4, -0.2) is 21.3 Å². The highest BCUT2D eigenvalue weighted by atomic mass is 79.9. The van der Waals surface area contributed by atoms with E-state index >= 15 is 0 Å². The lowest BCUT2D eigenvalue weighted by Gasteiger charge is -2.03. The molecule has 0 unspecified atom stereocenters. The molecule has 0 spiro atoms. The minimum Gasteiger partial charge on any atom is -0.312 e. The number of hydrogen-bond acceptors (Lipinski definition) is 3. The molecular formula is C12H15BrN4. The highest BCUT2D eigenvalue weighted by molar-refractivity contribution is 9.10. The maximum absolute atomic E-state index is 4.23. The van der Waals surface area contributed by atoms with Gasteiger partial charge in [-0.15, -0.1) is 0 Å². The molecule has 1 heterocycles. The van der Waals surface area contributed by atoms with E-state index in [1.807, 2.05) is 7.05 Å². The van der Waals surface area contributed by atoms with Crippen molar-refractivity contribution in [3.8, 4) is 0 Å². The smallest absolute Gasteiger partial charge is 0.151 e. The van der Waals surface area contributed by atoms with E-state index < -0.39 is 0 Å². The Kier molecular flexibility index (Phi) is 4.28. The van der Waals surface area contributed by atoms with Crippen LogP contribution in [0.2, 0.25) is 0 Å². The lowest BCUT2D eigenvalue weighted by Crippen LogP contribution is -2.17. The van der Waals surface area contributed by atoms with Gasteiger partial charge in [0.15, 0.2) is 5.82 Å². The van der Waals surface area contributed by atoms with Crippen molar-refractivity contribution in [3.05, 3.63) is 46.5 Å². The molecule has 2 aromatic rings. The molecule has 0 aliphatic carbocycles. The van der Waals surface area contributed by atoms with Crippen LogP contribution in [0.15, 0.2) is 35.1 Å². The van der Waals surface area contributed by atoms with Gasteiger partial charge in [0.05, 0.1) is 0 Å². The van der Waals surface area contributed by atoms with Crippen molar-refractivity contribution < 1.29 is 0 Å². The van der Waals surface area contributed by atoms with Gasteiger partial charge in [0.25, 0.3) is 0 Å². The first-order chi connectivity index (χ1) is 8.24. The molecule has 0 amide bonds. The molecule has 0 aliphatic heterocycles. The number of aromatic nitrogens is 3. The van der Waals surface area contributed by atoms with E-state index in [1.165, 1.54) is 5.56 Å². The number of halogens is 1. The minimum absolute atomic E-state index is 0.859. The van der Waals surface area contributed by atoms with Crippen LogP contribution >= 0.6 is 15.9 Å². The fraction of sp³-hybridized carbons (Fsp3) is 0.333. The lowest BCUT2D eigenvalue weighted by molar-refractivity contribution is 0.661. The van der Waals surface area contributed by atoms with Crippen molar-refractivity contribution >= 4 is 15.9 Å². The van der Waals surface area contributed by atoms with Crippen LogP contribution in [0.25, 0.3) is 0 Å². The molecule has 0 bridgehead atoms. The number of hydrogen-bond donors (Lipinski definition) is 1.